The molecular formula is C28H25BrN4O3S. The predicted octanol–water partition coefficient (Wildman–Crippen LogP) is 6.11. The molecule has 9 heteroatoms. The van der Waals surface area contributed by atoms with Crippen molar-refractivity contribution in [1.82, 2.24) is 15.2 Å². The van der Waals surface area contributed by atoms with E-state index in [1.54, 1.807) is 13.3 Å². The highest BCUT2D eigenvalue weighted by Gasteiger charge is 2.41. The standard InChI is InChI=1S/C28H25BrN4O3S/c1-35-23-8-3-2-6-20(23)31-25(34)15-17-33-27(26(32-28(33)37)21-7-4-5-16-30-21)24-14-13-22(36-24)18-9-11-19(29)12-10-18/h2-14,16,26-27H,15,17H2,1H3,(H,31,34)(H,32,37). The van der Waals surface area contributed by atoms with Gasteiger partial charge in [-0.25, -0.2) is 0 Å². The molecule has 4 aromatic rings. The first-order valence-corrected chi connectivity index (χ1v) is 13.0. The molecule has 1 fully saturated rings. The second kappa shape index (κ2) is 11.1. The molecule has 2 aromatic carbocycles. The number of carbonyl (C=O) groups is 1. The van der Waals surface area contributed by atoms with Gasteiger partial charge in [0.05, 0.1) is 24.5 Å². The van der Waals surface area contributed by atoms with Crippen LogP contribution in [0.4, 0.5) is 5.69 Å². The van der Waals surface area contributed by atoms with E-state index in [0.29, 0.717) is 23.1 Å². The van der Waals surface area contributed by atoms with Gasteiger partial charge in [0, 0.05) is 29.2 Å². The Bertz CT molecular complexity index is 1390. The van der Waals surface area contributed by atoms with Gasteiger partial charge in [-0.3, -0.25) is 9.78 Å². The minimum absolute atomic E-state index is 0.137. The summed E-state index contributed by atoms with van der Waals surface area (Å²) in [6.45, 7) is 0.398. The van der Waals surface area contributed by atoms with Crippen molar-refractivity contribution < 1.29 is 13.9 Å². The van der Waals surface area contributed by atoms with Crippen LogP contribution in [0.15, 0.2) is 93.9 Å². The number of thiocarbonyl (C=S) groups is 1. The molecule has 0 spiro atoms. The Morgan fingerprint density at radius 3 is 2.65 bits per heavy atom. The summed E-state index contributed by atoms with van der Waals surface area (Å²) in [6.07, 6.45) is 1.99. The molecule has 1 saturated heterocycles. The Kier molecular flexibility index (Phi) is 7.52. The zero-order valence-corrected chi connectivity index (χ0v) is 22.5. The largest absolute Gasteiger partial charge is 0.495 e. The van der Waals surface area contributed by atoms with Crippen LogP contribution in [0.3, 0.4) is 0 Å². The molecule has 1 amide bonds. The zero-order chi connectivity index (χ0) is 25.8. The molecular weight excluding hydrogens is 552 g/mol. The van der Waals surface area contributed by atoms with Crippen LogP contribution < -0.4 is 15.4 Å². The first-order valence-electron chi connectivity index (χ1n) is 11.8. The molecule has 37 heavy (non-hydrogen) atoms. The van der Waals surface area contributed by atoms with Gasteiger partial charge in [0.2, 0.25) is 5.91 Å². The van der Waals surface area contributed by atoms with E-state index in [9.17, 15) is 4.79 Å². The van der Waals surface area contributed by atoms with Crippen molar-refractivity contribution >= 4 is 44.9 Å². The second-order valence-electron chi connectivity index (χ2n) is 8.53. The SMILES string of the molecule is COc1ccccc1NC(=O)CCN1C(=S)NC(c2ccccn2)C1c1ccc(-c2ccc(Br)cc2)o1. The molecule has 2 N–H and O–H groups in total. The zero-order valence-electron chi connectivity index (χ0n) is 20.1. The van der Waals surface area contributed by atoms with Crippen molar-refractivity contribution in [2.24, 2.45) is 0 Å². The Balaban J connectivity index is 1.39. The van der Waals surface area contributed by atoms with Gasteiger partial charge in [0.1, 0.15) is 23.3 Å². The fourth-order valence-electron chi connectivity index (χ4n) is 4.42. The van der Waals surface area contributed by atoms with E-state index in [-0.39, 0.29) is 24.4 Å². The molecule has 0 saturated carbocycles. The van der Waals surface area contributed by atoms with Gasteiger partial charge in [-0.2, -0.15) is 0 Å². The van der Waals surface area contributed by atoms with Gasteiger partial charge < -0.3 is 24.7 Å². The summed E-state index contributed by atoms with van der Waals surface area (Å²) in [7, 11) is 1.58. The minimum Gasteiger partial charge on any atom is -0.495 e. The summed E-state index contributed by atoms with van der Waals surface area (Å²) in [5, 5.41) is 6.88. The number of ether oxygens (including phenoxy) is 1. The molecule has 0 bridgehead atoms. The number of pyridine rings is 1. The third-order valence-electron chi connectivity index (χ3n) is 6.21. The molecule has 0 radical (unpaired) electrons. The van der Waals surface area contributed by atoms with E-state index in [2.05, 4.69) is 31.5 Å². The summed E-state index contributed by atoms with van der Waals surface area (Å²) >= 11 is 9.20. The van der Waals surface area contributed by atoms with Gasteiger partial charge in [-0.05, 0) is 60.7 Å². The molecule has 0 aliphatic carbocycles. The molecule has 3 heterocycles. The van der Waals surface area contributed by atoms with Gasteiger partial charge >= 0.3 is 0 Å². The van der Waals surface area contributed by atoms with Crippen LogP contribution in [-0.4, -0.2) is 34.6 Å². The maximum atomic E-state index is 12.9. The van der Waals surface area contributed by atoms with E-state index in [1.807, 2.05) is 83.8 Å². The van der Waals surface area contributed by atoms with Crippen LogP contribution >= 0.6 is 28.1 Å². The fourth-order valence-corrected chi connectivity index (χ4v) is 5.02. The maximum Gasteiger partial charge on any atom is 0.226 e. The van der Waals surface area contributed by atoms with Crippen molar-refractivity contribution in [2.75, 3.05) is 19.0 Å². The Morgan fingerprint density at radius 2 is 1.89 bits per heavy atom. The van der Waals surface area contributed by atoms with Crippen LogP contribution in [0.2, 0.25) is 0 Å². The highest BCUT2D eigenvalue weighted by molar-refractivity contribution is 9.10. The van der Waals surface area contributed by atoms with E-state index < -0.39 is 0 Å². The highest BCUT2D eigenvalue weighted by atomic mass is 79.9. The Labute approximate surface area is 229 Å². The lowest BCUT2D eigenvalue weighted by Gasteiger charge is -2.26. The number of nitrogens with one attached hydrogen (secondary N) is 2. The smallest absolute Gasteiger partial charge is 0.226 e. The van der Waals surface area contributed by atoms with Crippen molar-refractivity contribution in [3.63, 3.8) is 0 Å². The number of aromatic nitrogens is 1. The number of methoxy groups -OCH3 is 1. The molecule has 5 rings (SSSR count). The lowest BCUT2D eigenvalue weighted by molar-refractivity contribution is -0.116. The molecule has 1 aliphatic heterocycles. The Hall–Kier alpha value is -3.69. The van der Waals surface area contributed by atoms with Gasteiger partial charge in [-0.1, -0.05) is 46.3 Å². The van der Waals surface area contributed by atoms with Crippen LogP contribution in [0.25, 0.3) is 11.3 Å². The predicted molar refractivity (Wildman–Crippen MR) is 150 cm³/mol. The second-order valence-corrected chi connectivity index (χ2v) is 9.83. The number of nitrogens with zero attached hydrogens (tertiary/aromatic N) is 2. The summed E-state index contributed by atoms with van der Waals surface area (Å²) in [5.41, 5.74) is 2.45. The Morgan fingerprint density at radius 1 is 1.11 bits per heavy atom. The fraction of sp³-hybridized carbons (Fsp3) is 0.179. The van der Waals surface area contributed by atoms with Crippen LogP contribution in [0.1, 0.15) is 30.0 Å². The molecule has 188 valence electrons. The average Bonchev–Trinajstić information content (AvgIpc) is 3.53. The summed E-state index contributed by atoms with van der Waals surface area (Å²) in [5.74, 6) is 1.97. The molecule has 2 unspecified atom stereocenters. The highest BCUT2D eigenvalue weighted by Crippen LogP contribution is 2.40. The summed E-state index contributed by atoms with van der Waals surface area (Å²) in [6, 6.07) is 24.5. The number of benzene rings is 2. The monoisotopic (exact) mass is 576 g/mol. The lowest BCUT2D eigenvalue weighted by Crippen LogP contribution is -2.32. The average molecular weight is 578 g/mol. The molecule has 1 aliphatic rings. The van der Waals surface area contributed by atoms with Crippen molar-refractivity contribution in [2.45, 2.75) is 18.5 Å². The third kappa shape index (κ3) is 5.52. The van der Waals surface area contributed by atoms with E-state index in [0.717, 1.165) is 27.3 Å². The number of hydrogen-bond acceptors (Lipinski definition) is 5. The molecule has 2 atom stereocenters. The van der Waals surface area contributed by atoms with E-state index in [1.165, 1.54) is 0 Å². The number of rotatable bonds is 8. The van der Waals surface area contributed by atoms with Crippen LogP contribution in [-0.2, 0) is 4.79 Å². The topological polar surface area (TPSA) is 79.6 Å². The van der Waals surface area contributed by atoms with Gasteiger partial charge in [0.25, 0.3) is 0 Å². The van der Waals surface area contributed by atoms with E-state index in [4.69, 9.17) is 21.4 Å². The number of anilines is 1. The van der Waals surface area contributed by atoms with Crippen molar-refractivity contribution in [1.29, 1.82) is 0 Å². The first kappa shape index (κ1) is 25.0. The quantitative estimate of drug-likeness (QED) is 0.245. The summed E-state index contributed by atoms with van der Waals surface area (Å²) < 4.78 is 12.7. The first-order chi connectivity index (χ1) is 18.0. The van der Waals surface area contributed by atoms with Crippen molar-refractivity contribution in [3.8, 4) is 17.1 Å². The minimum atomic E-state index is -0.273. The number of carbonyl (C=O) groups excluding carboxylic acids is 1. The number of para-hydroxylation sites is 2. The van der Waals surface area contributed by atoms with Crippen LogP contribution in [0.5, 0.6) is 5.75 Å². The number of hydrogen-bond donors (Lipinski definition) is 2. The third-order valence-corrected chi connectivity index (χ3v) is 7.09. The number of halogens is 1. The maximum absolute atomic E-state index is 12.9. The van der Waals surface area contributed by atoms with Crippen LogP contribution in [0, 0.1) is 0 Å². The van der Waals surface area contributed by atoms with Crippen molar-refractivity contribution in [3.05, 3.63) is 101 Å². The van der Waals surface area contributed by atoms with Gasteiger partial charge in [0.15, 0.2) is 5.11 Å². The molecule has 7 nitrogen and oxygen atoms in total. The number of amides is 1. The lowest BCUT2D eigenvalue weighted by atomic mass is 10.0. The number of furan rings is 1. The van der Waals surface area contributed by atoms with Gasteiger partial charge in [-0.15, -0.1) is 0 Å². The molecule has 2 aromatic heterocycles. The van der Waals surface area contributed by atoms with E-state index >= 15 is 0 Å². The normalized spacial score (nSPS) is 16.9. The summed E-state index contributed by atoms with van der Waals surface area (Å²) in [4.78, 5) is 19.4.